The van der Waals surface area contributed by atoms with E-state index in [1.165, 1.54) is 54.8 Å². The minimum Gasteiger partial charge on any atom is -0.478 e. The van der Waals surface area contributed by atoms with Crippen LogP contribution in [0.5, 0.6) is 0 Å². The highest BCUT2D eigenvalue weighted by Crippen LogP contribution is 2.35. The topological polar surface area (TPSA) is 414 Å². The van der Waals surface area contributed by atoms with Crippen molar-refractivity contribution in [3.8, 4) is 22.7 Å². The number of nitrogens with two attached hydrogens (primary N) is 1. The summed E-state index contributed by atoms with van der Waals surface area (Å²) in [4.78, 5) is 153. The number of aromatic nitrogens is 12. The maximum absolute atomic E-state index is 13.9. The summed E-state index contributed by atoms with van der Waals surface area (Å²) in [5.41, 5.74) is 15.8. The van der Waals surface area contributed by atoms with Crippen molar-refractivity contribution in [2.45, 2.75) is 98.8 Å². The summed E-state index contributed by atoms with van der Waals surface area (Å²) in [5, 5.41) is 54.5. The number of anilines is 1. The fraction of sp³-hybridized carbons (Fsp3) is 0.212. The van der Waals surface area contributed by atoms with Crippen LogP contribution in [0.1, 0.15) is 133 Å². The van der Waals surface area contributed by atoms with Gasteiger partial charge in [0.15, 0.2) is 5.65 Å². The molecule has 8 aromatic carbocycles. The first-order chi connectivity index (χ1) is 68.0. The van der Waals surface area contributed by atoms with Crippen molar-refractivity contribution in [2.75, 3.05) is 31.9 Å². The first-order valence-corrected chi connectivity index (χ1v) is 47.5. The number of nitrogen functional groups attached to an aromatic ring is 1. The Balaban J connectivity index is 0.000000136. The minimum absolute atomic E-state index is 0.0405. The van der Waals surface area contributed by atoms with Gasteiger partial charge in [-0.3, -0.25) is 81.6 Å². The van der Waals surface area contributed by atoms with Crippen LogP contribution in [-0.4, -0.2) is 147 Å². The smallest absolute Gasteiger partial charge is 0.335 e. The highest BCUT2D eigenvalue weighted by Gasteiger charge is 2.36. The van der Waals surface area contributed by atoms with E-state index in [-0.39, 0.29) is 128 Å². The van der Waals surface area contributed by atoms with Gasteiger partial charge in [-0.2, -0.15) is 20.4 Å². The number of para-hydroxylation sites is 4. The first kappa shape index (κ1) is 102. The maximum atomic E-state index is 13.9. The van der Waals surface area contributed by atoms with Gasteiger partial charge in [0.05, 0.1) is 139 Å². The molecule has 43 heteroatoms. The monoisotopic (exact) mass is 2090 g/mol. The third kappa shape index (κ3) is 21.8. The second-order valence-electron chi connectivity index (χ2n) is 33.8. The summed E-state index contributed by atoms with van der Waals surface area (Å²) in [6.07, 6.45) is 8.25. The Morgan fingerprint density at radius 1 is 0.401 bits per heavy atom. The fourth-order valence-electron chi connectivity index (χ4n) is 16.9. The Bertz CT molecular complexity index is 7950. The van der Waals surface area contributed by atoms with Crippen molar-refractivity contribution < 1.29 is 43.7 Å². The van der Waals surface area contributed by atoms with E-state index in [0.717, 1.165) is 6.20 Å². The van der Waals surface area contributed by atoms with Gasteiger partial charge in [0, 0.05) is 89.9 Å². The summed E-state index contributed by atoms with van der Waals surface area (Å²) in [6.45, 7) is 10.7. The largest absolute Gasteiger partial charge is 0.478 e. The number of halogens is 9. The zero-order valence-electron chi connectivity index (χ0n) is 75.8. The number of carbonyl (C=O) groups is 6. The van der Waals surface area contributed by atoms with Crippen LogP contribution in [0.4, 0.5) is 17.1 Å². The lowest BCUT2D eigenvalue weighted by atomic mass is 10.0. The molecule has 16 aromatic rings. The van der Waals surface area contributed by atoms with E-state index in [1.54, 1.807) is 142 Å². The standard InChI is InChI=1S/C28H26Cl2N4O3.C22H15Cl2N5O4.C22H17Cl2N5O2.C15H13N5O3.C7H4Cl2O2.C5H9ClO/c1-17(2)12-21(35)13-19-15-31-34-25-16-32(27(36)18-8-9-23(29)24(30)14-18)11-10-22(25)28(37)33(26(19)34)20-6-4-3-5-7-20;23-16-7-6-13(10-17(16)24)21(30)26-9-8-15-19(12-26)28-20(18(11-25-28)29(32)33)27(22(15)31)14-4-2-1-3-5-14;23-16-7-6-13(10-17(16)24)21(30)27-9-8-15-19(12-27)29-20(18(25)11-26-29)28(22(15)31)14-4-2-1-3-5-14;21-15-11-6-7-16-8-12(11)19-14(13(9-17-19)20(22)23)18(15)10-4-2-1-3-5-10;8-5-2-1-4(7(10)11)3-6(5)9;1-4(2)3-5(6)7/h3-9,14-15,17H,10-13,16H2,1-2H3;1-7,10-11H,8-9,12H2;1-7,10-11H,8-9,12,25H2;1-5,9,16H,6-8H2;1-3H,(H,10,11);4H,3H2,1-2H3. The number of carboxylic acid groups (broad SMARTS) is 1. The second-order valence-corrected chi connectivity index (χ2v) is 37.5. The number of Topliss-reactive ketones (excluding diaryl/α,β-unsaturated/α-hetero) is 1. The van der Waals surface area contributed by atoms with Gasteiger partial charge in [0.25, 0.3) is 40.0 Å². The van der Waals surface area contributed by atoms with Gasteiger partial charge >= 0.3 is 17.3 Å². The van der Waals surface area contributed by atoms with Gasteiger partial charge in [-0.05, 0) is 177 Å². The van der Waals surface area contributed by atoms with Gasteiger partial charge in [-0.1, -0.05) is 193 Å². The van der Waals surface area contributed by atoms with E-state index < -0.39 is 15.8 Å². The predicted molar refractivity (Wildman–Crippen MR) is 543 cm³/mol. The normalized spacial score (nSPS) is 12.9. The quantitative estimate of drug-likeness (QED) is 0.0459. The second kappa shape index (κ2) is 44.3. The maximum Gasteiger partial charge on any atom is 0.335 e. The third-order valence-corrected chi connectivity index (χ3v) is 26.6. The number of nitrogens with zero attached hydrogens (tertiary/aromatic N) is 17. The van der Waals surface area contributed by atoms with Crippen LogP contribution < -0.4 is 33.3 Å². The van der Waals surface area contributed by atoms with Crippen LogP contribution >= 0.6 is 104 Å². The summed E-state index contributed by atoms with van der Waals surface area (Å²) in [7, 11) is 0. The average Bonchev–Trinajstić information content (AvgIpc) is 1.55. The number of benzene rings is 8. The van der Waals surface area contributed by atoms with Gasteiger partial charge in [0.1, 0.15) is 23.8 Å². The van der Waals surface area contributed by atoms with Gasteiger partial charge in [0.2, 0.25) is 16.5 Å². The molecule has 4 N–H and O–H groups in total. The number of rotatable bonds is 16. The van der Waals surface area contributed by atoms with Crippen LogP contribution in [0.3, 0.4) is 0 Å². The summed E-state index contributed by atoms with van der Waals surface area (Å²) < 4.78 is 12.2. The van der Waals surface area contributed by atoms with E-state index in [1.807, 2.05) is 94.4 Å². The lowest BCUT2D eigenvalue weighted by Crippen LogP contribution is -2.41. The molecule has 8 aromatic heterocycles. The molecule has 0 radical (unpaired) electrons. The number of aromatic carboxylic acids is 1. The number of carboxylic acids is 1. The molecular weight excluding hydrogens is 2010 g/mol. The third-order valence-electron chi connectivity index (χ3n) is 23.5. The molecule has 0 saturated heterocycles. The minimum atomic E-state index is -1.01. The molecule has 4 aliphatic rings. The average molecular weight is 2100 g/mol. The Morgan fingerprint density at radius 3 is 1.05 bits per heavy atom. The molecule has 0 atom stereocenters. The number of carbonyl (C=O) groups excluding carboxylic acids is 5. The van der Waals surface area contributed by atoms with Crippen molar-refractivity contribution in [2.24, 2.45) is 11.8 Å². The van der Waals surface area contributed by atoms with Gasteiger partial charge in [-0.25, -0.2) is 22.9 Å². The highest BCUT2D eigenvalue weighted by molar-refractivity contribution is 6.63. The van der Waals surface area contributed by atoms with Crippen LogP contribution in [0.15, 0.2) is 238 Å². The van der Waals surface area contributed by atoms with Crippen LogP contribution in [0.25, 0.3) is 45.3 Å². The van der Waals surface area contributed by atoms with E-state index in [9.17, 15) is 68.2 Å². The number of ketones is 1. The zero-order chi connectivity index (χ0) is 102. The molecule has 0 bridgehead atoms. The van der Waals surface area contributed by atoms with Gasteiger partial charge < -0.3 is 30.9 Å². The molecular formula is C99H84Cl9N19O15. The molecule has 4 aliphatic heterocycles. The molecule has 12 heterocycles. The number of nitrogens with one attached hydrogen (secondary N) is 1. The number of hydrogen-bond donors (Lipinski definition) is 3. The van der Waals surface area contributed by atoms with E-state index in [0.29, 0.717) is 208 Å². The van der Waals surface area contributed by atoms with E-state index in [2.05, 4.69) is 25.7 Å². The summed E-state index contributed by atoms with van der Waals surface area (Å²) in [6, 6.07) is 54.6. The first-order valence-electron chi connectivity index (χ1n) is 44.1. The Hall–Kier alpha value is -14.2. The molecule has 0 aliphatic carbocycles. The zero-order valence-corrected chi connectivity index (χ0v) is 82.6. The Morgan fingerprint density at radius 2 is 0.711 bits per heavy atom. The number of hydrogen-bond acceptors (Lipinski definition) is 20. The lowest BCUT2D eigenvalue weighted by molar-refractivity contribution is -0.383. The Labute approximate surface area is 851 Å². The molecule has 3 amide bonds. The SMILES string of the molecule is CC(C)CC(=O)Cc1cnn2c3c(c(=O)n(-c4ccccc4)c12)CCN(C(=O)c1ccc(Cl)c(Cl)c1)C3.CC(C)CC(=O)Cl.Nc1cnn2c3c(c(=O)n(-c4ccccc4)c12)CCN(C(=O)c1ccc(Cl)c(Cl)c1)C3.O=C(O)c1ccc(Cl)c(Cl)c1.O=C(c1ccc(Cl)c(Cl)c1)N1CCc2c(n3ncc([N+](=O)[O-])c3n(-c3ccccc3)c2=O)C1.O=c1c2c(n3ncc([N+](=O)[O-])c3n1-c1ccccc1)CNCC2. The highest BCUT2D eigenvalue weighted by atomic mass is 35.5. The van der Waals surface area contributed by atoms with Crippen LogP contribution in [0.2, 0.25) is 40.2 Å². The van der Waals surface area contributed by atoms with Gasteiger partial charge in [-0.15, -0.1) is 0 Å². The molecule has 0 saturated carbocycles. The van der Waals surface area contributed by atoms with Crippen LogP contribution in [0, 0.1) is 32.1 Å². The lowest BCUT2D eigenvalue weighted by Gasteiger charge is -2.29. The van der Waals surface area contributed by atoms with E-state index in [4.69, 9.17) is 115 Å². The number of nitro groups is 2. The fourth-order valence-corrected chi connectivity index (χ4v) is 18.4. The Kier molecular flexibility index (Phi) is 31.9. The molecule has 20 rings (SSSR count). The molecule has 0 unspecified atom stereocenters. The number of amides is 3. The molecule has 34 nitrogen and oxygen atoms in total. The summed E-state index contributed by atoms with van der Waals surface area (Å²) >= 11 is 52.4. The number of fused-ring (bicyclic) bond motifs is 12. The van der Waals surface area contributed by atoms with E-state index >= 15 is 0 Å². The van der Waals surface area contributed by atoms with Crippen LogP contribution in [-0.2, 0) is 67.9 Å². The van der Waals surface area contributed by atoms with Crippen molar-refractivity contribution in [3.05, 3.63) is 394 Å². The van der Waals surface area contributed by atoms with Crippen molar-refractivity contribution >= 4 is 179 Å². The molecule has 728 valence electrons. The van der Waals surface area contributed by atoms with Crippen molar-refractivity contribution in [1.29, 1.82) is 0 Å². The van der Waals surface area contributed by atoms with Crippen molar-refractivity contribution in [3.63, 3.8) is 0 Å². The van der Waals surface area contributed by atoms with Crippen molar-refractivity contribution in [1.82, 2.24) is 76.7 Å². The predicted octanol–water partition coefficient (Wildman–Crippen LogP) is 18.1. The molecule has 0 spiro atoms. The summed E-state index contributed by atoms with van der Waals surface area (Å²) in [5.74, 6) is -0.978. The molecule has 0 fully saturated rings. The molecule has 142 heavy (non-hydrogen) atoms.